The predicted octanol–water partition coefficient (Wildman–Crippen LogP) is 0.870. The number of nitrogens with one attached hydrogen (secondary N) is 1. The number of nitrogens with two attached hydrogens (primary N) is 1. The van der Waals surface area contributed by atoms with Crippen molar-refractivity contribution in [3.8, 4) is 5.75 Å². The average Bonchev–Trinajstić information content (AvgIpc) is 2.41. The van der Waals surface area contributed by atoms with Crippen LogP contribution in [0.1, 0.15) is 25.7 Å². The minimum Gasteiger partial charge on any atom is -0.492 e. The van der Waals surface area contributed by atoms with Gasteiger partial charge < -0.3 is 15.6 Å². The highest BCUT2D eigenvalue weighted by Gasteiger charge is 2.27. The van der Waals surface area contributed by atoms with Crippen molar-refractivity contribution in [2.24, 2.45) is 0 Å². The monoisotopic (exact) mass is 314 g/mol. The fourth-order valence-corrected chi connectivity index (χ4v) is 3.57. The Morgan fingerprint density at radius 3 is 2.81 bits per heavy atom. The van der Waals surface area contributed by atoms with Crippen molar-refractivity contribution in [1.29, 1.82) is 0 Å². The third-order valence-electron chi connectivity index (χ3n) is 3.54. The Balaban J connectivity index is 1.81. The van der Waals surface area contributed by atoms with E-state index in [0.29, 0.717) is 24.3 Å². The Bertz CT molecular complexity index is 562. The second-order valence-corrected chi connectivity index (χ2v) is 7.19. The van der Waals surface area contributed by atoms with Crippen molar-refractivity contribution < 1.29 is 18.3 Å². The summed E-state index contributed by atoms with van der Waals surface area (Å²) >= 11 is 0. The van der Waals surface area contributed by atoms with Gasteiger partial charge in [0.2, 0.25) is 10.0 Å². The molecular formula is C14H22N2O4S. The molecule has 2 atom stereocenters. The molecule has 0 aliphatic heterocycles. The maximum Gasteiger partial charge on any atom is 0.215 e. The third kappa shape index (κ3) is 5.18. The smallest absolute Gasteiger partial charge is 0.215 e. The number of sulfonamides is 1. The van der Waals surface area contributed by atoms with Crippen molar-refractivity contribution in [2.45, 2.75) is 37.8 Å². The quantitative estimate of drug-likeness (QED) is 0.676. The first kappa shape index (κ1) is 16.1. The van der Waals surface area contributed by atoms with Crippen molar-refractivity contribution in [2.75, 3.05) is 18.1 Å². The summed E-state index contributed by atoms with van der Waals surface area (Å²) in [5, 5.41) is 9.79. The number of rotatable bonds is 6. The van der Waals surface area contributed by atoms with Gasteiger partial charge in [-0.25, -0.2) is 13.1 Å². The van der Waals surface area contributed by atoms with E-state index in [1.807, 2.05) is 0 Å². The third-order valence-corrected chi connectivity index (χ3v) is 4.91. The molecular weight excluding hydrogens is 292 g/mol. The summed E-state index contributed by atoms with van der Waals surface area (Å²) in [5.41, 5.74) is 6.19. The van der Waals surface area contributed by atoms with Crippen molar-refractivity contribution in [3.05, 3.63) is 24.3 Å². The van der Waals surface area contributed by atoms with E-state index in [1.165, 1.54) is 0 Å². The van der Waals surface area contributed by atoms with Gasteiger partial charge in [0.05, 0.1) is 11.9 Å². The molecule has 2 unspecified atom stereocenters. The van der Waals surface area contributed by atoms with E-state index in [1.54, 1.807) is 24.3 Å². The Kier molecular flexibility index (Phi) is 5.44. The lowest BCUT2D eigenvalue weighted by Gasteiger charge is -2.28. The molecule has 6 nitrogen and oxygen atoms in total. The van der Waals surface area contributed by atoms with Gasteiger partial charge in [-0.05, 0) is 25.0 Å². The molecule has 0 spiro atoms. The maximum absolute atomic E-state index is 12.0. The summed E-state index contributed by atoms with van der Waals surface area (Å²) in [6, 6.07) is 6.47. The summed E-state index contributed by atoms with van der Waals surface area (Å²) in [5.74, 6) is 0.397. The second-order valence-electron chi connectivity index (χ2n) is 5.32. The average molecular weight is 314 g/mol. The molecule has 1 aliphatic rings. The van der Waals surface area contributed by atoms with E-state index in [2.05, 4.69) is 4.72 Å². The largest absolute Gasteiger partial charge is 0.492 e. The van der Waals surface area contributed by atoms with Crippen molar-refractivity contribution >= 4 is 15.7 Å². The Labute approximate surface area is 125 Å². The number of ether oxygens (including phenoxy) is 1. The van der Waals surface area contributed by atoms with Gasteiger partial charge >= 0.3 is 0 Å². The van der Waals surface area contributed by atoms with Gasteiger partial charge in [0, 0.05) is 17.8 Å². The first-order valence-corrected chi connectivity index (χ1v) is 8.78. The molecule has 1 fully saturated rings. The van der Waals surface area contributed by atoms with Gasteiger partial charge in [-0.1, -0.05) is 18.9 Å². The highest BCUT2D eigenvalue weighted by Crippen LogP contribution is 2.19. The van der Waals surface area contributed by atoms with Gasteiger partial charge in [-0.3, -0.25) is 0 Å². The van der Waals surface area contributed by atoms with Gasteiger partial charge in [-0.2, -0.15) is 0 Å². The van der Waals surface area contributed by atoms with E-state index in [-0.39, 0.29) is 18.4 Å². The highest BCUT2D eigenvalue weighted by atomic mass is 32.2. The fraction of sp³-hybridized carbons (Fsp3) is 0.571. The lowest BCUT2D eigenvalue weighted by molar-refractivity contribution is 0.101. The second kappa shape index (κ2) is 7.11. The number of aliphatic hydroxyl groups is 1. The van der Waals surface area contributed by atoms with Crippen LogP contribution in [-0.2, 0) is 10.0 Å². The van der Waals surface area contributed by atoms with Crippen LogP contribution in [0, 0.1) is 0 Å². The normalized spacial score (nSPS) is 22.9. The molecule has 1 aromatic rings. The first-order valence-electron chi connectivity index (χ1n) is 7.13. The van der Waals surface area contributed by atoms with Crippen LogP contribution in [0.3, 0.4) is 0 Å². The number of hydrogen-bond acceptors (Lipinski definition) is 5. The fourth-order valence-electron chi connectivity index (χ4n) is 2.41. The summed E-state index contributed by atoms with van der Waals surface area (Å²) < 4.78 is 31.9. The zero-order valence-corrected chi connectivity index (χ0v) is 12.7. The topological polar surface area (TPSA) is 102 Å². The number of benzene rings is 1. The molecule has 7 heteroatoms. The Hall–Kier alpha value is -1.31. The molecule has 1 aromatic carbocycles. The summed E-state index contributed by atoms with van der Waals surface area (Å²) in [4.78, 5) is 0. The molecule has 0 amide bonds. The predicted molar refractivity (Wildman–Crippen MR) is 81.5 cm³/mol. The van der Waals surface area contributed by atoms with Gasteiger partial charge in [0.1, 0.15) is 12.4 Å². The van der Waals surface area contributed by atoms with Crippen LogP contribution in [0.4, 0.5) is 5.69 Å². The molecule has 0 aromatic heterocycles. The van der Waals surface area contributed by atoms with Crippen LogP contribution in [0.2, 0.25) is 0 Å². The highest BCUT2D eigenvalue weighted by molar-refractivity contribution is 7.89. The molecule has 2 rings (SSSR count). The summed E-state index contributed by atoms with van der Waals surface area (Å²) in [6.07, 6.45) is 2.61. The molecule has 1 aliphatic carbocycles. The Morgan fingerprint density at radius 2 is 2.10 bits per heavy atom. The number of hydrogen-bond donors (Lipinski definition) is 3. The van der Waals surface area contributed by atoms with Crippen molar-refractivity contribution in [1.82, 2.24) is 4.72 Å². The summed E-state index contributed by atoms with van der Waals surface area (Å²) in [7, 11) is -3.46. The lowest BCUT2D eigenvalue weighted by atomic mass is 9.93. The number of anilines is 1. The van der Waals surface area contributed by atoms with Crippen LogP contribution >= 0.6 is 0 Å². The molecule has 0 saturated heterocycles. The van der Waals surface area contributed by atoms with Crippen LogP contribution in [-0.4, -0.2) is 38.0 Å². The number of nitrogen functional groups attached to an aromatic ring is 1. The molecule has 0 bridgehead atoms. The molecule has 4 N–H and O–H groups in total. The maximum atomic E-state index is 12.0. The summed E-state index contributed by atoms with van der Waals surface area (Å²) in [6.45, 7) is 0.0433. The number of aliphatic hydroxyl groups excluding tert-OH is 1. The van der Waals surface area contributed by atoms with Crippen LogP contribution in [0.25, 0.3) is 0 Å². The standard InChI is InChI=1S/C14H22N2O4S/c15-11-4-3-5-12(10-11)20-8-9-21(18,19)16-13-6-1-2-7-14(13)17/h3-5,10,13-14,16-17H,1-2,6-9,15H2. The van der Waals surface area contributed by atoms with Crippen LogP contribution < -0.4 is 15.2 Å². The zero-order chi connectivity index (χ0) is 15.3. The van der Waals surface area contributed by atoms with Gasteiger partial charge in [0.25, 0.3) is 0 Å². The molecule has 1 saturated carbocycles. The van der Waals surface area contributed by atoms with Gasteiger partial charge in [-0.15, -0.1) is 0 Å². The van der Waals surface area contributed by atoms with E-state index in [0.717, 1.165) is 12.8 Å². The van der Waals surface area contributed by atoms with Crippen LogP contribution in [0.15, 0.2) is 24.3 Å². The SMILES string of the molecule is Nc1cccc(OCCS(=O)(=O)NC2CCCCC2O)c1. The van der Waals surface area contributed by atoms with Crippen LogP contribution in [0.5, 0.6) is 5.75 Å². The molecule has 0 heterocycles. The van der Waals surface area contributed by atoms with E-state index < -0.39 is 16.1 Å². The minimum atomic E-state index is -3.46. The lowest BCUT2D eigenvalue weighted by Crippen LogP contribution is -2.46. The van der Waals surface area contributed by atoms with E-state index in [4.69, 9.17) is 10.5 Å². The van der Waals surface area contributed by atoms with Gasteiger partial charge in [0.15, 0.2) is 0 Å². The van der Waals surface area contributed by atoms with Crippen molar-refractivity contribution in [3.63, 3.8) is 0 Å². The first-order chi connectivity index (χ1) is 9.96. The molecule has 118 valence electrons. The Morgan fingerprint density at radius 1 is 1.33 bits per heavy atom. The van der Waals surface area contributed by atoms with E-state index in [9.17, 15) is 13.5 Å². The van der Waals surface area contributed by atoms with E-state index >= 15 is 0 Å². The molecule has 21 heavy (non-hydrogen) atoms. The molecule has 0 radical (unpaired) electrons. The minimum absolute atomic E-state index is 0.0433. The zero-order valence-electron chi connectivity index (χ0n) is 11.9.